The molecule has 7 heteroatoms. The van der Waals surface area contributed by atoms with Crippen LogP contribution in [-0.2, 0) is 26.4 Å². The summed E-state index contributed by atoms with van der Waals surface area (Å²) < 4.78 is 0. The van der Waals surface area contributed by atoms with Gasteiger partial charge in [0.25, 0.3) is 0 Å². The summed E-state index contributed by atoms with van der Waals surface area (Å²) in [6, 6.07) is 12.7. The summed E-state index contributed by atoms with van der Waals surface area (Å²) in [4.78, 5) is 24.5. The van der Waals surface area contributed by atoms with E-state index >= 15 is 0 Å². The van der Waals surface area contributed by atoms with E-state index < -0.39 is 12.1 Å². The van der Waals surface area contributed by atoms with E-state index in [1.54, 1.807) is 97.4 Å². The van der Waals surface area contributed by atoms with E-state index in [2.05, 4.69) is 10.6 Å². The van der Waals surface area contributed by atoms with Crippen LogP contribution in [0.5, 0.6) is 11.5 Å². The normalized spacial score (nSPS) is 18.4. The Hall–Kier alpha value is -4.07. The van der Waals surface area contributed by atoms with E-state index in [1.165, 1.54) is 12.2 Å². The fraction of sp³-hybridized carbons (Fsp3) is 0.0714. The minimum Gasteiger partial charge on any atom is -0.508 e. The van der Waals surface area contributed by atoms with Crippen LogP contribution in [0.4, 0.5) is 0 Å². The van der Waals surface area contributed by atoms with Gasteiger partial charge in [-0.1, -0.05) is 48.6 Å². The Balaban J connectivity index is 0.00000342. The molecule has 0 saturated carbocycles. The molecule has 0 saturated heterocycles. The van der Waals surface area contributed by atoms with Crippen LogP contribution in [-0.4, -0.2) is 21.8 Å². The van der Waals surface area contributed by atoms with Crippen LogP contribution in [0.15, 0.2) is 121 Å². The topological polar surface area (TPSA) is 98.7 Å². The Morgan fingerprint density at radius 1 is 0.571 bits per heavy atom. The van der Waals surface area contributed by atoms with Crippen molar-refractivity contribution in [3.05, 3.63) is 132 Å². The maximum Gasteiger partial charge on any atom is 0.187 e. The summed E-state index contributed by atoms with van der Waals surface area (Å²) >= 11 is 0. The number of phenols is 2. The van der Waals surface area contributed by atoms with Gasteiger partial charge in [-0.25, -0.2) is 0 Å². The van der Waals surface area contributed by atoms with Crippen LogP contribution >= 0.6 is 0 Å². The van der Waals surface area contributed by atoms with Crippen molar-refractivity contribution >= 4 is 11.6 Å². The van der Waals surface area contributed by atoms with Crippen LogP contribution in [0.2, 0.25) is 0 Å². The molecule has 6 nitrogen and oxygen atoms in total. The predicted molar refractivity (Wildman–Crippen MR) is 131 cm³/mol. The number of benzene rings is 2. The van der Waals surface area contributed by atoms with Gasteiger partial charge < -0.3 is 20.8 Å². The van der Waals surface area contributed by atoms with Gasteiger partial charge in [0.1, 0.15) is 11.5 Å². The number of rotatable bonds is 7. The van der Waals surface area contributed by atoms with Crippen molar-refractivity contribution in [2.24, 2.45) is 0 Å². The fourth-order valence-electron chi connectivity index (χ4n) is 3.69. The zero-order valence-corrected chi connectivity index (χ0v) is 19.6. The van der Waals surface area contributed by atoms with Crippen LogP contribution in [0.3, 0.4) is 0 Å². The third-order valence-electron chi connectivity index (χ3n) is 5.51. The first-order valence-electron chi connectivity index (χ1n) is 10.8. The third kappa shape index (κ3) is 6.50. The number of hydrogen-bond acceptors (Lipinski definition) is 6. The Kier molecular flexibility index (Phi) is 8.67. The summed E-state index contributed by atoms with van der Waals surface area (Å²) in [6.07, 6.45) is 16.7. The van der Waals surface area contributed by atoms with Gasteiger partial charge in [-0.3, -0.25) is 9.59 Å². The van der Waals surface area contributed by atoms with Crippen molar-refractivity contribution < 1.29 is 36.6 Å². The monoisotopic (exact) mass is 511 g/mol. The van der Waals surface area contributed by atoms with E-state index in [-0.39, 0.29) is 39.8 Å². The van der Waals surface area contributed by atoms with Gasteiger partial charge >= 0.3 is 0 Å². The van der Waals surface area contributed by atoms with Gasteiger partial charge in [0.2, 0.25) is 0 Å². The van der Waals surface area contributed by atoms with E-state index in [0.29, 0.717) is 11.1 Å². The molecule has 2 unspecified atom stereocenters. The predicted octanol–water partition coefficient (Wildman–Crippen LogP) is 4.21. The molecule has 2 atom stereocenters. The van der Waals surface area contributed by atoms with Crippen LogP contribution in [0.1, 0.15) is 23.2 Å². The standard InChI is InChI=1S/C28H24N2O4.Co/c31-23-13-9-19(10-14-23)27(29-17-21-5-1-3-7-25(21)33)28(20-11-15-24(32)16-12-20)30-18-22-6-2-4-8-26(22)34;/h1-18,27-32H;/b21-17-,22-18-;. The minimum atomic E-state index is -0.403. The molecule has 4 rings (SSSR count). The molecule has 0 aliphatic heterocycles. The van der Waals surface area contributed by atoms with Crippen molar-refractivity contribution in [1.82, 2.24) is 10.6 Å². The number of hydrogen-bond donors (Lipinski definition) is 4. The number of carbonyl (C=O) groups excluding carboxylic acids is 2. The molecule has 2 aromatic carbocycles. The maximum atomic E-state index is 12.2. The van der Waals surface area contributed by atoms with Gasteiger partial charge in [0, 0.05) is 40.3 Å². The van der Waals surface area contributed by atoms with Crippen LogP contribution < -0.4 is 10.6 Å². The number of aromatic hydroxyl groups is 2. The van der Waals surface area contributed by atoms with Crippen molar-refractivity contribution in [2.75, 3.05) is 0 Å². The number of carbonyl (C=O) groups is 2. The first-order chi connectivity index (χ1) is 16.5. The second kappa shape index (κ2) is 11.9. The Bertz CT molecular complexity index is 1150. The second-order valence-electron chi connectivity index (χ2n) is 7.84. The summed E-state index contributed by atoms with van der Waals surface area (Å²) in [5, 5.41) is 26.3. The molecular formula is C28H24CoN2O4. The van der Waals surface area contributed by atoms with Gasteiger partial charge in [0.15, 0.2) is 11.6 Å². The number of ketones is 2. The first kappa shape index (κ1) is 25.5. The molecule has 0 aromatic heterocycles. The molecule has 0 fully saturated rings. The summed E-state index contributed by atoms with van der Waals surface area (Å²) in [5.41, 5.74) is 2.69. The number of nitrogens with one attached hydrogen (secondary N) is 2. The van der Waals surface area contributed by atoms with Crippen molar-refractivity contribution in [3.8, 4) is 11.5 Å². The average Bonchev–Trinajstić information content (AvgIpc) is 2.84. The fourth-order valence-corrected chi connectivity index (χ4v) is 3.69. The zero-order chi connectivity index (χ0) is 23.9. The van der Waals surface area contributed by atoms with E-state index in [9.17, 15) is 19.8 Å². The quantitative estimate of drug-likeness (QED) is 0.416. The minimum absolute atomic E-state index is 0. The van der Waals surface area contributed by atoms with Crippen molar-refractivity contribution in [1.29, 1.82) is 0 Å². The Morgan fingerprint density at radius 3 is 1.26 bits per heavy atom. The second-order valence-corrected chi connectivity index (χ2v) is 7.84. The molecule has 179 valence electrons. The zero-order valence-electron chi connectivity index (χ0n) is 18.6. The molecule has 35 heavy (non-hydrogen) atoms. The molecule has 2 aromatic rings. The molecular weight excluding hydrogens is 487 g/mol. The third-order valence-corrected chi connectivity index (χ3v) is 5.51. The Morgan fingerprint density at radius 2 is 0.914 bits per heavy atom. The SMILES string of the molecule is O=C1C=CC=C/C1=C/NC(c1ccc(O)cc1)C(N/C=C1/C=CC=CC1=O)c1ccc(O)cc1.[Co]. The number of phenolic OH excluding ortho intramolecular Hbond substituents is 2. The maximum absolute atomic E-state index is 12.2. The van der Waals surface area contributed by atoms with E-state index in [1.807, 2.05) is 0 Å². The van der Waals surface area contributed by atoms with Crippen LogP contribution in [0, 0.1) is 0 Å². The van der Waals surface area contributed by atoms with Gasteiger partial charge in [0.05, 0.1) is 12.1 Å². The average molecular weight is 511 g/mol. The van der Waals surface area contributed by atoms with Gasteiger partial charge in [-0.05, 0) is 59.7 Å². The smallest absolute Gasteiger partial charge is 0.187 e. The summed E-state index contributed by atoms with van der Waals surface area (Å²) in [7, 11) is 0. The van der Waals surface area contributed by atoms with E-state index in [4.69, 9.17) is 0 Å². The molecule has 2 aliphatic rings. The van der Waals surface area contributed by atoms with Gasteiger partial charge in [-0.2, -0.15) is 0 Å². The van der Waals surface area contributed by atoms with E-state index in [0.717, 1.165) is 11.1 Å². The molecule has 0 amide bonds. The summed E-state index contributed by atoms with van der Waals surface area (Å²) in [6.45, 7) is 0. The number of allylic oxidation sites excluding steroid dienone is 10. The van der Waals surface area contributed by atoms with Crippen LogP contribution in [0.25, 0.3) is 0 Å². The van der Waals surface area contributed by atoms with Crippen molar-refractivity contribution in [2.45, 2.75) is 12.1 Å². The molecule has 0 heterocycles. The molecule has 0 bridgehead atoms. The molecule has 4 N–H and O–H groups in total. The molecule has 1 radical (unpaired) electrons. The Labute approximate surface area is 214 Å². The molecule has 2 aliphatic carbocycles. The first-order valence-corrected chi connectivity index (χ1v) is 10.8. The molecule has 0 spiro atoms. The van der Waals surface area contributed by atoms with Crippen molar-refractivity contribution in [3.63, 3.8) is 0 Å². The summed E-state index contributed by atoms with van der Waals surface area (Å²) in [5.74, 6) is 0.0515. The van der Waals surface area contributed by atoms with Gasteiger partial charge in [-0.15, -0.1) is 0 Å². The largest absolute Gasteiger partial charge is 0.508 e.